The second kappa shape index (κ2) is 4.59. The summed E-state index contributed by atoms with van der Waals surface area (Å²) in [6, 6.07) is 3.90. The highest BCUT2D eigenvalue weighted by Crippen LogP contribution is 2.28. The zero-order valence-electron chi connectivity index (χ0n) is 9.49. The predicted octanol–water partition coefficient (Wildman–Crippen LogP) is 2.23. The topological polar surface area (TPSA) is 32.3 Å². The zero-order chi connectivity index (χ0) is 11.8. The minimum Gasteiger partial charge on any atom is -0.347 e. The van der Waals surface area contributed by atoms with Crippen molar-refractivity contribution in [1.29, 1.82) is 0 Å². The number of fused-ring (bicyclic) bond motifs is 3. The molecule has 1 amide bonds. The number of hydrogen-bond donors (Lipinski definition) is 1. The number of nitrogens with zero attached hydrogens (tertiary/aromatic N) is 1. The Morgan fingerprint density at radius 1 is 1.41 bits per heavy atom. The van der Waals surface area contributed by atoms with Crippen LogP contribution in [0, 0.1) is 5.92 Å². The molecule has 0 radical (unpaired) electrons. The normalized spacial score (nSPS) is 31.5. The highest BCUT2D eigenvalue weighted by Gasteiger charge is 2.35. The molecule has 3 fully saturated rings. The van der Waals surface area contributed by atoms with Crippen molar-refractivity contribution in [3.05, 3.63) is 21.3 Å². The number of piperidine rings is 3. The van der Waals surface area contributed by atoms with Gasteiger partial charge in [-0.3, -0.25) is 4.79 Å². The molecule has 1 atom stereocenters. The Morgan fingerprint density at radius 3 is 2.71 bits per heavy atom. The molecule has 2 bridgehead atoms. The Kier molecular flexibility index (Phi) is 3.11. The van der Waals surface area contributed by atoms with Crippen LogP contribution in [-0.2, 0) is 0 Å². The lowest BCUT2D eigenvalue weighted by molar-refractivity contribution is 0.0622. The lowest BCUT2D eigenvalue weighted by atomic mass is 9.84. The minimum atomic E-state index is 0.0284. The molecular formula is C12H15ClN2OS. The lowest BCUT2D eigenvalue weighted by Gasteiger charge is -2.44. The second-order valence-corrected chi connectivity index (χ2v) is 6.54. The molecule has 3 aliphatic heterocycles. The summed E-state index contributed by atoms with van der Waals surface area (Å²) in [7, 11) is 0. The molecule has 3 saturated heterocycles. The van der Waals surface area contributed by atoms with Crippen LogP contribution >= 0.6 is 22.9 Å². The number of amides is 1. The van der Waals surface area contributed by atoms with Gasteiger partial charge in [-0.05, 0) is 44.0 Å². The van der Waals surface area contributed by atoms with Crippen molar-refractivity contribution in [2.75, 3.05) is 19.6 Å². The van der Waals surface area contributed by atoms with Gasteiger partial charge >= 0.3 is 0 Å². The summed E-state index contributed by atoms with van der Waals surface area (Å²) in [5.41, 5.74) is 0. The fourth-order valence-corrected chi connectivity index (χ4v) is 3.75. The average Bonchev–Trinajstić information content (AvgIpc) is 2.77. The van der Waals surface area contributed by atoms with Crippen molar-refractivity contribution in [1.82, 2.24) is 10.2 Å². The maximum absolute atomic E-state index is 12.0. The van der Waals surface area contributed by atoms with Gasteiger partial charge in [0.2, 0.25) is 0 Å². The van der Waals surface area contributed by atoms with E-state index in [1.54, 1.807) is 12.1 Å². The molecule has 3 aliphatic rings. The maximum atomic E-state index is 12.0. The quantitative estimate of drug-likeness (QED) is 0.894. The van der Waals surface area contributed by atoms with Crippen molar-refractivity contribution in [2.45, 2.75) is 18.9 Å². The van der Waals surface area contributed by atoms with Gasteiger partial charge in [-0.2, -0.15) is 0 Å². The number of thiophene rings is 1. The Labute approximate surface area is 110 Å². The van der Waals surface area contributed by atoms with Gasteiger partial charge in [0.1, 0.15) is 0 Å². The van der Waals surface area contributed by atoms with Gasteiger partial charge in [0.25, 0.3) is 5.91 Å². The van der Waals surface area contributed by atoms with Crippen LogP contribution in [0.1, 0.15) is 22.5 Å². The minimum absolute atomic E-state index is 0.0284. The first-order valence-electron chi connectivity index (χ1n) is 6.01. The van der Waals surface area contributed by atoms with Gasteiger partial charge in [0.05, 0.1) is 9.21 Å². The van der Waals surface area contributed by atoms with Crippen molar-refractivity contribution in [3.8, 4) is 0 Å². The smallest absolute Gasteiger partial charge is 0.261 e. The third-order valence-corrected chi connectivity index (χ3v) is 5.00. The number of carbonyl (C=O) groups is 1. The molecule has 4 rings (SSSR count). The molecule has 4 heterocycles. The number of rotatable bonds is 2. The summed E-state index contributed by atoms with van der Waals surface area (Å²) < 4.78 is 0.670. The number of halogens is 1. The highest BCUT2D eigenvalue weighted by atomic mass is 35.5. The first-order valence-corrected chi connectivity index (χ1v) is 7.20. The molecule has 0 aromatic carbocycles. The molecule has 0 saturated carbocycles. The molecule has 1 aromatic heterocycles. The van der Waals surface area contributed by atoms with E-state index in [9.17, 15) is 4.79 Å². The molecule has 1 N–H and O–H groups in total. The maximum Gasteiger partial charge on any atom is 0.261 e. The molecule has 3 nitrogen and oxygen atoms in total. The Morgan fingerprint density at radius 2 is 2.18 bits per heavy atom. The Balaban J connectivity index is 1.65. The van der Waals surface area contributed by atoms with Crippen LogP contribution in [0.15, 0.2) is 12.1 Å². The van der Waals surface area contributed by atoms with Crippen molar-refractivity contribution in [2.24, 2.45) is 5.92 Å². The summed E-state index contributed by atoms with van der Waals surface area (Å²) in [5, 5.41) is 3.15. The van der Waals surface area contributed by atoms with Gasteiger partial charge in [-0.25, -0.2) is 0 Å². The molecule has 92 valence electrons. The van der Waals surface area contributed by atoms with E-state index in [1.165, 1.54) is 37.3 Å². The molecular weight excluding hydrogens is 256 g/mol. The third kappa shape index (κ3) is 2.34. The van der Waals surface area contributed by atoms with Gasteiger partial charge in [0.15, 0.2) is 0 Å². The SMILES string of the molecule is O=C(NC1CN2CCC1CC2)c1ccc(Cl)s1. The molecule has 1 aromatic rings. The van der Waals surface area contributed by atoms with Crippen LogP contribution in [0.3, 0.4) is 0 Å². The van der Waals surface area contributed by atoms with Gasteiger partial charge in [0, 0.05) is 12.6 Å². The molecule has 1 unspecified atom stereocenters. The Hall–Kier alpha value is -0.580. The number of carbonyl (C=O) groups excluding carboxylic acids is 1. The van der Waals surface area contributed by atoms with E-state index < -0.39 is 0 Å². The van der Waals surface area contributed by atoms with E-state index in [4.69, 9.17) is 11.6 Å². The van der Waals surface area contributed by atoms with Crippen LogP contribution in [0.25, 0.3) is 0 Å². The third-order valence-electron chi connectivity index (χ3n) is 3.77. The fourth-order valence-electron chi connectivity index (χ4n) is 2.80. The Bertz CT molecular complexity index is 426. The first kappa shape index (κ1) is 11.5. The van der Waals surface area contributed by atoms with Crippen molar-refractivity contribution >= 4 is 28.8 Å². The van der Waals surface area contributed by atoms with E-state index in [1.807, 2.05) is 0 Å². The van der Waals surface area contributed by atoms with E-state index in [-0.39, 0.29) is 5.91 Å². The van der Waals surface area contributed by atoms with Crippen molar-refractivity contribution < 1.29 is 4.79 Å². The largest absolute Gasteiger partial charge is 0.347 e. The molecule has 0 aliphatic carbocycles. The van der Waals surface area contributed by atoms with E-state index in [0.29, 0.717) is 21.2 Å². The zero-order valence-corrected chi connectivity index (χ0v) is 11.1. The average molecular weight is 271 g/mol. The molecule has 0 spiro atoms. The van der Waals surface area contributed by atoms with Crippen molar-refractivity contribution in [3.63, 3.8) is 0 Å². The summed E-state index contributed by atoms with van der Waals surface area (Å²) in [6.07, 6.45) is 2.44. The number of nitrogens with one attached hydrogen (secondary N) is 1. The summed E-state index contributed by atoms with van der Waals surface area (Å²) >= 11 is 7.18. The monoisotopic (exact) mass is 270 g/mol. The second-order valence-electron chi connectivity index (χ2n) is 4.82. The van der Waals surface area contributed by atoms with Crippen LogP contribution in [-0.4, -0.2) is 36.5 Å². The van der Waals surface area contributed by atoms with E-state index in [2.05, 4.69) is 10.2 Å². The van der Waals surface area contributed by atoms with E-state index in [0.717, 1.165) is 6.54 Å². The molecule has 5 heteroatoms. The summed E-state index contributed by atoms with van der Waals surface area (Å²) in [6.45, 7) is 3.40. The number of hydrogen-bond acceptors (Lipinski definition) is 3. The summed E-state index contributed by atoms with van der Waals surface area (Å²) in [5.74, 6) is 0.694. The summed E-state index contributed by atoms with van der Waals surface area (Å²) in [4.78, 5) is 15.2. The van der Waals surface area contributed by atoms with Gasteiger partial charge in [-0.1, -0.05) is 11.6 Å². The van der Waals surface area contributed by atoms with Crippen LogP contribution in [0.4, 0.5) is 0 Å². The fraction of sp³-hybridized carbons (Fsp3) is 0.583. The molecule has 17 heavy (non-hydrogen) atoms. The van der Waals surface area contributed by atoms with Crippen LogP contribution in [0.5, 0.6) is 0 Å². The predicted molar refractivity (Wildman–Crippen MR) is 69.7 cm³/mol. The van der Waals surface area contributed by atoms with Crippen LogP contribution < -0.4 is 5.32 Å². The van der Waals surface area contributed by atoms with Gasteiger partial charge < -0.3 is 10.2 Å². The van der Waals surface area contributed by atoms with Gasteiger partial charge in [-0.15, -0.1) is 11.3 Å². The highest BCUT2D eigenvalue weighted by molar-refractivity contribution is 7.17. The lowest BCUT2D eigenvalue weighted by Crippen LogP contribution is -2.57. The standard InChI is InChI=1S/C12H15ClN2OS/c13-11-2-1-10(17-11)12(16)14-9-7-15-5-3-8(9)4-6-15/h1-2,8-9H,3-7H2,(H,14,16). The van der Waals surface area contributed by atoms with E-state index >= 15 is 0 Å². The van der Waals surface area contributed by atoms with Crippen LogP contribution in [0.2, 0.25) is 4.34 Å². The first-order chi connectivity index (χ1) is 8.22.